The summed E-state index contributed by atoms with van der Waals surface area (Å²) in [6.45, 7) is 4.68. The highest BCUT2D eigenvalue weighted by Gasteiger charge is 2.25. The van der Waals surface area contributed by atoms with Crippen LogP contribution in [-0.4, -0.2) is 53.2 Å². The second-order valence-electron chi connectivity index (χ2n) is 6.18. The fourth-order valence-corrected chi connectivity index (χ4v) is 3.55. The molecule has 0 amide bonds. The Hall–Kier alpha value is -1.85. The zero-order valence-electron chi connectivity index (χ0n) is 13.8. The van der Waals surface area contributed by atoms with Crippen molar-refractivity contribution < 1.29 is 9.90 Å². The minimum Gasteiger partial charge on any atom is -0.480 e. The molecule has 0 aliphatic carbocycles. The van der Waals surface area contributed by atoms with E-state index in [2.05, 4.69) is 11.0 Å². The fraction of sp³-hybridized carbons (Fsp3) is 0.444. The Morgan fingerprint density at radius 3 is 2.71 bits per heavy atom. The van der Waals surface area contributed by atoms with Crippen molar-refractivity contribution in [1.82, 2.24) is 9.88 Å². The van der Waals surface area contributed by atoms with Crippen molar-refractivity contribution in [2.45, 2.75) is 25.8 Å². The molecule has 2 heterocycles. The maximum atomic E-state index is 11.0. The lowest BCUT2D eigenvalue weighted by atomic mass is 10.0. The summed E-state index contributed by atoms with van der Waals surface area (Å²) in [4.78, 5) is 20.0. The Balaban J connectivity index is 1.69. The Kier molecular flexibility index (Phi) is 5.21. The molecule has 1 aromatic heterocycles. The second kappa shape index (κ2) is 7.36. The van der Waals surface area contributed by atoms with Crippen LogP contribution in [0.15, 0.2) is 30.3 Å². The van der Waals surface area contributed by atoms with Gasteiger partial charge in [0.25, 0.3) is 0 Å². The van der Waals surface area contributed by atoms with Crippen molar-refractivity contribution in [3.8, 4) is 0 Å². The number of benzene rings is 1. The number of likely N-dealkylation sites (N-methyl/N-ethyl adjacent to an activating group) is 1. The number of anilines is 1. The number of piperidine rings is 1. The molecule has 1 N–H and O–H groups in total. The van der Waals surface area contributed by atoms with E-state index in [4.69, 9.17) is 21.7 Å². The first-order chi connectivity index (χ1) is 11.6. The molecule has 0 bridgehead atoms. The van der Waals surface area contributed by atoms with Crippen molar-refractivity contribution in [2.75, 3.05) is 31.1 Å². The second-order valence-corrected chi connectivity index (χ2v) is 6.62. The largest absolute Gasteiger partial charge is 0.480 e. The minimum atomic E-state index is -0.757. The van der Waals surface area contributed by atoms with Crippen molar-refractivity contribution in [3.05, 3.63) is 35.4 Å². The molecule has 128 valence electrons. The average Bonchev–Trinajstić information content (AvgIpc) is 2.59. The van der Waals surface area contributed by atoms with E-state index in [9.17, 15) is 4.79 Å². The van der Waals surface area contributed by atoms with Crippen molar-refractivity contribution >= 4 is 34.3 Å². The van der Waals surface area contributed by atoms with Gasteiger partial charge in [0.2, 0.25) is 0 Å². The number of hydrogen-bond acceptors (Lipinski definition) is 4. The number of rotatable bonds is 5. The molecule has 0 radical (unpaired) electrons. The number of aromatic nitrogens is 1. The molecule has 5 nitrogen and oxygen atoms in total. The first kappa shape index (κ1) is 17.0. The summed E-state index contributed by atoms with van der Waals surface area (Å²) in [5, 5.41) is 10.8. The van der Waals surface area contributed by atoms with Crippen LogP contribution in [0.4, 0.5) is 5.82 Å². The van der Waals surface area contributed by atoms with Crippen LogP contribution in [0.5, 0.6) is 0 Å². The van der Waals surface area contributed by atoms with Crippen molar-refractivity contribution in [2.24, 2.45) is 0 Å². The molecule has 1 saturated heterocycles. The Morgan fingerprint density at radius 2 is 2.04 bits per heavy atom. The molecule has 1 fully saturated rings. The van der Waals surface area contributed by atoms with Crippen LogP contribution in [0.25, 0.3) is 10.9 Å². The van der Waals surface area contributed by atoms with E-state index in [1.165, 1.54) is 0 Å². The lowest BCUT2D eigenvalue weighted by molar-refractivity contribution is -0.139. The standard InChI is InChI=1S/C18H22ClN3O2/c1-2-21(12-18(23)24)15-7-9-22(10-8-15)17-6-4-13-3-5-14(19)11-16(13)20-17/h3-6,11,15H,2,7-10,12H2,1H3,(H,23,24). The summed E-state index contributed by atoms with van der Waals surface area (Å²) in [7, 11) is 0. The van der Waals surface area contributed by atoms with Crippen molar-refractivity contribution in [1.29, 1.82) is 0 Å². The molecule has 24 heavy (non-hydrogen) atoms. The summed E-state index contributed by atoms with van der Waals surface area (Å²) < 4.78 is 0. The lowest BCUT2D eigenvalue weighted by Crippen LogP contribution is -2.46. The number of halogens is 1. The third-order valence-corrected chi connectivity index (χ3v) is 4.92. The monoisotopic (exact) mass is 347 g/mol. The number of carboxylic acid groups (broad SMARTS) is 1. The average molecular weight is 348 g/mol. The Labute approximate surface area is 146 Å². The number of pyridine rings is 1. The molecule has 1 aliphatic rings. The molecule has 1 aromatic carbocycles. The van der Waals surface area contributed by atoms with Gasteiger partial charge in [-0.25, -0.2) is 4.98 Å². The summed E-state index contributed by atoms with van der Waals surface area (Å²) in [6.07, 6.45) is 1.91. The quantitative estimate of drug-likeness (QED) is 0.899. The predicted octanol–water partition coefficient (Wildman–Crippen LogP) is 3.26. The van der Waals surface area contributed by atoms with E-state index in [1.54, 1.807) is 0 Å². The third-order valence-electron chi connectivity index (χ3n) is 4.69. The molecule has 2 aromatic rings. The maximum Gasteiger partial charge on any atom is 0.317 e. The van der Waals surface area contributed by atoms with Gasteiger partial charge in [0.1, 0.15) is 5.82 Å². The summed E-state index contributed by atoms with van der Waals surface area (Å²) in [5.74, 6) is 0.205. The fourth-order valence-electron chi connectivity index (χ4n) is 3.39. The highest BCUT2D eigenvalue weighted by molar-refractivity contribution is 6.31. The Morgan fingerprint density at radius 1 is 1.33 bits per heavy atom. The van der Waals surface area contributed by atoms with Crippen LogP contribution in [0.3, 0.4) is 0 Å². The zero-order chi connectivity index (χ0) is 17.1. The van der Waals surface area contributed by atoms with Crippen LogP contribution in [0, 0.1) is 0 Å². The smallest absolute Gasteiger partial charge is 0.317 e. The first-order valence-electron chi connectivity index (χ1n) is 8.34. The van der Waals surface area contributed by atoms with Crippen LogP contribution in [-0.2, 0) is 4.79 Å². The first-order valence-corrected chi connectivity index (χ1v) is 8.71. The highest BCUT2D eigenvalue weighted by Crippen LogP contribution is 2.25. The highest BCUT2D eigenvalue weighted by atomic mass is 35.5. The van der Waals surface area contributed by atoms with Gasteiger partial charge < -0.3 is 10.0 Å². The number of nitrogens with zero attached hydrogens (tertiary/aromatic N) is 3. The van der Waals surface area contributed by atoms with Gasteiger partial charge in [-0.3, -0.25) is 9.69 Å². The SMILES string of the molecule is CCN(CC(=O)O)C1CCN(c2ccc3ccc(Cl)cc3n2)CC1. The number of carbonyl (C=O) groups is 1. The van der Waals surface area contributed by atoms with Crippen LogP contribution < -0.4 is 4.90 Å². The lowest BCUT2D eigenvalue weighted by Gasteiger charge is -2.38. The summed E-state index contributed by atoms with van der Waals surface area (Å²) in [6, 6.07) is 10.2. The van der Waals surface area contributed by atoms with Crippen LogP contribution in [0.1, 0.15) is 19.8 Å². The van der Waals surface area contributed by atoms with Gasteiger partial charge in [0.15, 0.2) is 0 Å². The summed E-state index contributed by atoms with van der Waals surface area (Å²) >= 11 is 6.06. The molecule has 6 heteroatoms. The van der Waals surface area contributed by atoms with Gasteiger partial charge in [0.05, 0.1) is 12.1 Å². The van der Waals surface area contributed by atoms with E-state index in [1.807, 2.05) is 36.1 Å². The molecule has 0 saturated carbocycles. The van der Waals surface area contributed by atoms with Crippen LogP contribution in [0.2, 0.25) is 5.02 Å². The third kappa shape index (κ3) is 3.79. The summed E-state index contributed by atoms with van der Waals surface area (Å²) in [5.41, 5.74) is 0.906. The Bertz CT molecular complexity index is 729. The van der Waals surface area contributed by atoms with Gasteiger partial charge in [0, 0.05) is 29.5 Å². The van der Waals surface area contributed by atoms with E-state index in [0.29, 0.717) is 11.1 Å². The van der Waals surface area contributed by atoms with Gasteiger partial charge in [-0.2, -0.15) is 0 Å². The molecule has 0 atom stereocenters. The van der Waals surface area contributed by atoms with Crippen LogP contribution >= 0.6 is 11.6 Å². The molecular weight excluding hydrogens is 326 g/mol. The van der Waals surface area contributed by atoms with Crippen molar-refractivity contribution in [3.63, 3.8) is 0 Å². The minimum absolute atomic E-state index is 0.119. The van der Waals surface area contributed by atoms with E-state index < -0.39 is 5.97 Å². The number of fused-ring (bicyclic) bond motifs is 1. The molecule has 3 rings (SSSR count). The molecule has 1 aliphatic heterocycles. The van der Waals surface area contributed by atoms with E-state index in [-0.39, 0.29) is 6.54 Å². The predicted molar refractivity (Wildman–Crippen MR) is 96.9 cm³/mol. The topological polar surface area (TPSA) is 56.7 Å². The number of hydrogen-bond donors (Lipinski definition) is 1. The molecule has 0 unspecified atom stereocenters. The normalized spacial score (nSPS) is 16.0. The zero-order valence-corrected chi connectivity index (χ0v) is 14.5. The van der Waals surface area contributed by atoms with Gasteiger partial charge >= 0.3 is 5.97 Å². The molecular formula is C18H22ClN3O2. The maximum absolute atomic E-state index is 11.0. The van der Waals surface area contributed by atoms with Gasteiger partial charge in [-0.15, -0.1) is 0 Å². The number of aliphatic carboxylic acids is 1. The number of carboxylic acids is 1. The van der Waals surface area contributed by atoms with Gasteiger partial charge in [-0.05, 0) is 43.7 Å². The van der Waals surface area contributed by atoms with Gasteiger partial charge in [-0.1, -0.05) is 24.6 Å². The molecule has 0 spiro atoms. The van der Waals surface area contributed by atoms with E-state index in [0.717, 1.165) is 49.2 Å². The van der Waals surface area contributed by atoms with E-state index >= 15 is 0 Å².